The first kappa shape index (κ1) is 21.6. The topological polar surface area (TPSA) is 15.3 Å². The molecule has 2 nitrogen and oxygen atoms in total. The van der Waals surface area contributed by atoms with Gasteiger partial charge in [0.2, 0.25) is 0 Å². The number of nitrogens with one attached hydrogen (secondary N) is 1. The van der Waals surface area contributed by atoms with Gasteiger partial charge < -0.3 is 0 Å². The Kier molecular flexibility index (Phi) is 6.47. The van der Waals surface area contributed by atoms with Crippen molar-refractivity contribution in [1.82, 2.24) is 5.43 Å². The second-order valence-electron chi connectivity index (χ2n) is 8.00. The molecule has 0 fully saturated rings. The van der Waals surface area contributed by atoms with Crippen LogP contribution in [0.3, 0.4) is 0 Å². The molecule has 1 atom stereocenters. The van der Waals surface area contributed by atoms with E-state index < -0.39 is 0 Å². The van der Waals surface area contributed by atoms with Crippen LogP contribution >= 0.6 is 11.6 Å². The fourth-order valence-electron chi connectivity index (χ4n) is 3.83. The van der Waals surface area contributed by atoms with Crippen molar-refractivity contribution in [3.8, 4) is 11.8 Å². The Morgan fingerprint density at radius 3 is 2.12 bits per heavy atom. The highest BCUT2D eigenvalue weighted by molar-refractivity contribution is 6.30. The third-order valence-corrected chi connectivity index (χ3v) is 5.80. The lowest BCUT2D eigenvalue weighted by molar-refractivity contribution is 0.779. The summed E-state index contributed by atoms with van der Waals surface area (Å²) in [6, 6.07) is 36.6. The summed E-state index contributed by atoms with van der Waals surface area (Å²) in [6.45, 7) is 0. The number of anilines is 1. The molecule has 0 spiro atoms. The van der Waals surface area contributed by atoms with Crippen molar-refractivity contribution in [3.63, 3.8) is 0 Å². The second-order valence-corrected chi connectivity index (χ2v) is 8.43. The summed E-state index contributed by atoms with van der Waals surface area (Å²) >= 11 is 6.16. The molecular formula is C31H23ClN2. The van der Waals surface area contributed by atoms with E-state index in [1.165, 1.54) is 0 Å². The SMILES string of the molecule is Clc1cccc(C=CC2C=C(c3ccc(C#Cc4ccccc4)cc3)NN2c2ccccc2)c1. The standard InChI is InChI=1S/C31H23ClN2/c32-28-11-7-10-26(22-28)18-21-30-23-31(33-34(30)29-12-5-2-6-13-29)27-19-16-25(17-20-27)15-14-24-8-3-1-4-9-24/h1-13,16-23,30,33H. The summed E-state index contributed by atoms with van der Waals surface area (Å²) in [5, 5.41) is 2.90. The van der Waals surface area contributed by atoms with E-state index >= 15 is 0 Å². The van der Waals surface area contributed by atoms with Crippen LogP contribution < -0.4 is 10.4 Å². The zero-order valence-electron chi connectivity index (χ0n) is 18.5. The molecule has 4 aromatic rings. The normalized spacial score (nSPS) is 14.9. The van der Waals surface area contributed by atoms with Crippen LogP contribution in [0.1, 0.15) is 22.3 Å². The van der Waals surface area contributed by atoms with Gasteiger partial charge in [-0.2, -0.15) is 0 Å². The quantitative estimate of drug-likeness (QED) is 0.325. The Morgan fingerprint density at radius 2 is 1.41 bits per heavy atom. The first-order valence-electron chi connectivity index (χ1n) is 11.2. The number of hydrogen-bond donors (Lipinski definition) is 1. The van der Waals surface area contributed by atoms with Crippen molar-refractivity contribution in [2.45, 2.75) is 6.04 Å². The van der Waals surface area contributed by atoms with E-state index in [0.717, 1.165) is 38.7 Å². The zero-order valence-corrected chi connectivity index (χ0v) is 19.3. The summed E-state index contributed by atoms with van der Waals surface area (Å²) in [6.07, 6.45) is 6.52. The largest absolute Gasteiger partial charge is 0.297 e. The molecule has 0 aliphatic carbocycles. The molecule has 34 heavy (non-hydrogen) atoms. The Balaban J connectivity index is 1.39. The summed E-state index contributed by atoms with van der Waals surface area (Å²) in [7, 11) is 0. The molecule has 0 aromatic heterocycles. The van der Waals surface area contributed by atoms with Crippen LogP contribution in [-0.4, -0.2) is 6.04 Å². The van der Waals surface area contributed by atoms with E-state index in [-0.39, 0.29) is 6.04 Å². The van der Waals surface area contributed by atoms with Crippen LogP contribution in [0, 0.1) is 11.8 Å². The molecule has 1 heterocycles. The molecular weight excluding hydrogens is 436 g/mol. The van der Waals surface area contributed by atoms with Gasteiger partial charge in [0.1, 0.15) is 0 Å². The fourth-order valence-corrected chi connectivity index (χ4v) is 4.03. The highest BCUT2D eigenvalue weighted by Gasteiger charge is 2.23. The molecule has 0 saturated heterocycles. The molecule has 3 heteroatoms. The minimum Gasteiger partial charge on any atom is -0.297 e. The lowest BCUT2D eigenvalue weighted by Gasteiger charge is -2.25. The Labute approximate surface area is 205 Å². The lowest BCUT2D eigenvalue weighted by Crippen LogP contribution is -2.37. The smallest absolute Gasteiger partial charge is 0.0892 e. The van der Waals surface area contributed by atoms with E-state index in [1.807, 2.05) is 66.7 Å². The molecule has 4 aromatic carbocycles. The van der Waals surface area contributed by atoms with Crippen LogP contribution in [0.4, 0.5) is 5.69 Å². The number of para-hydroxylation sites is 1. The van der Waals surface area contributed by atoms with E-state index in [9.17, 15) is 0 Å². The summed E-state index contributed by atoms with van der Waals surface area (Å²) < 4.78 is 0. The van der Waals surface area contributed by atoms with Gasteiger partial charge in [-0.3, -0.25) is 10.4 Å². The molecule has 0 bridgehead atoms. The van der Waals surface area contributed by atoms with Crippen molar-refractivity contribution in [1.29, 1.82) is 0 Å². The van der Waals surface area contributed by atoms with Crippen molar-refractivity contribution < 1.29 is 0 Å². The van der Waals surface area contributed by atoms with Gasteiger partial charge in [-0.25, -0.2) is 0 Å². The molecule has 0 amide bonds. The van der Waals surface area contributed by atoms with E-state index in [4.69, 9.17) is 11.6 Å². The van der Waals surface area contributed by atoms with Gasteiger partial charge in [0, 0.05) is 16.1 Å². The lowest BCUT2D eigenvalue weighted by atomic mass is 10.1. The molecule has 0 saturated carbocycles. The van der Waals surface area contributed by atoms with Gasteiger partial charge in [0.25, 0.3) is 0 Å². The van der Waals surface area contributed by atoms with E-state index in [0.29, 0.717) is 0 Å². The third kappa shape index (κ3) is 5.23. The Bertz CT molecular complexity index is 1380. The molecule has 1 aliphatic rings. The number of nitrogens with zero attached hydrogens (tertiary/aromatic N) is 1. The van der Waals surface area contributed by atoms with Crippen molar-refractivity contribution >= 4 is 29.1 Å². The number of benzene rings is 4. The molecule has 164 valence electrons. The Hall–Kier alpha value is -4.19. The Morgan fingerprint density at radius 1 is 0.735 bits per heavy atom. The number of hydrazine groups is 1. The minimum absolute atomic E-state index is 0.0499. The number of hydrogen-bond acceptors (Lipinski definition) is 2. The molecule has 1 unspecified atom stereocenters. The average Bonchev–Trinajstić information content (AvgIpc) is 3.32. The predicted molar refractivity (Wildman–Crippen MR) is 143 cm³/mol. The highest BCUT2D eigenvalue weighted by Crippen LogP contribution is 2.27. The minimum atomic E-state index is 0.0499. The van der Waals surface area contributed by atoms with Crippen molar-refractivity contribution in [2.24, 2.45) is 0 Å². The van der Waals surface area contributed by atoms with Gasteiger partial charge in [-0.1, -0.05) is 96.3 Å². The van der Waals surface area contributed by atoms with Gasteiger partial charge in [-0.15, -0.1) is 0 Å². The van der Waals surface area contributed by atoms with E-state index in [2.05, 4.69) is 83.0 Å². The maximum absolute atomic E-state index is 6.16. The molecule has 1 N–H and O–H groups in total. The molecule has 1 aliphatic heterocycles. The maximum atomic E-state index is 6.16. The maximum Gasteiger partial charge on any atom is 0.0892 e. The fraction of sp³-hybridized carbons (Fsp3) is 0.0323. The summed E-state index contributed by atoms with van der Waals surface area (Å²) in [5.41, 5.74) is 9.93. The zero-order chi connectivity index (χ0) is 23.2. The van der Waals surface area contributed by atoms with Gasteiger partial charge >= 0.3 is 0 Å². The number of rotatable bonds is 4. The van der Waals surface area contributed by atoms with Gasteiger partial charge in [0.15, 0.2) is 0 Å². The predicted octanol–water partition coefficient (Wildman–Crippen LogP) is 7.19. The van der Waals surface area contributed by atoms with Crippen LogP contribution in [0.15, 0.2) is 121 Å². The third-order valence-electron chi connectivity index (χ3n) is 5.57. The first-order valence-corrected chi connectivity index (χ1v) is 11.6. The number of halogens is 1. The van der Waals surface area contributed by atoms with Crippen LogP contribution in [-0.2, 0) is 0 Å². The molecule has 0 radical (unpaired) electrons. The van der Waals surface area contributed by atoms with Crippen LogP contribution in [0.25, 0.3) is 11.8 Å². The first-order chi connectivity index (χ1) is 16.7. The summed E-state index contributed by atoms with van der Waals surface area (Å²) in [5.74, 6) is 6.46. The van der Waals surface area contributed by atoms with Gasteiger partial charge in [0.05, 0.1) is 17.4 Å². The monoisotopic (exact) mass is 458 g/mol. The van der Waals surface area contributed by atoms with Gasteiger partial charge in [-0.05, 0) is 65.7 Å². The second kappa shape index (κ2) is 10.2. The van der Waals surface area contributed by atoms with Crippen LogP contribution in [0.5, 0.6) is 0 Å². The van der Waals surface area contributed by atoms with Crippen molar-refractivity contribution in [3.05, 3.63) is 149 Å². The molecule has 5 rings (SSSR count). The van der Waals surface area contributed by atoms with E-state index in [1.54, 1.807) is 0 Å². The van der Waals surface area contributed by atoms with Crippen molar-refractivity contribution in [2.75, 3.05) is 5.01 Å². The summed E-state index contributed by atoms with van der Waals surface area (Å²) in [4.78, 5) is 0. The highest BCUT2D eigenvalue weighted by atomic mass is 35.5. The average molecular weight is 459 g/mol. The van der Waals surface area contributed by atoms with Crippen LogP contribution in [0.2, 0.25) is 5.02 Å².